The number of nitrogens with two attached hydrogens (primary N) is 2. The molecule has 0 bridgehead atoms. The third kappa shape index (κ3) is 31.9. The van der Waals surface area contributed by atoms with Crippen LogP contribution < -0.4 is 64.6 Å². The summed E-state index contributed by atoms with van der Waals surface area (Å²) in [7, 11) is 0. The molecule has 34 nitrogen and oxygen atoms in total. The van der Waals surface area contributed by atoms with Gasteiger partial charge in [-0.2, -0.15) is 0 Å². The van der Waals surface area contributed by atoms with Crippen molar-refractivity contribution < 1.29 is 97.5 Å². The van der Waals surface area contributed by atoms with Crippen LogP contribution in [0, 0.1) is 11.8 Å². The van der Waals surface area contributed by atoms with E-state index in [1.807, 2.05) is 18.2 Å². The number of carboxylic acid groups (broad SMARTS) is 2. The molecule has 34 heteroatoms. The number of aliphatic hydroxyl groups is 3. The Kier molecular flexibility index (Phi) is 40.1. The van der Waals surface area contributed by atoms with Crippen LogP contribution in [-0.4, -0.2) is 216 Å². The van der Waals surface area contributed by atoms with Crippen molar-refractivity contribution in [3.63, 3.8) is 0 Å². The fourth-order valence-corrected chi connectivity index (χ4v) is 12.7. The molecule has 0 saturated carbocycles. The molecule has 0 unspecified atom stereocenters. The van der Waals surface area contributed by atoms with Crippen LogP contribution in [0.15, 0.2) is 60.8 Å². The Balaban J connectivity index is 1.16. The fourth-order valence-electron chi connectivity index (χ4n) is 12.7. The average Bonchev–Trinajstić information content (AvgIpc) is 1.64. The number of aromatic amines is 1. The maximum atomic E-state index is 14.2. The second kappa shape index (κ2) is 47.8. The van der Waals surface area contributed by atoms with Gasteiger partial charge in [-0.15, -0.1) is 0 Å². The zero-order chi connectivity index (χ0) is 81.7. The monoisotopic (exact) mass is 1540 g/mol. The van der Waals surface area contributed by atoms with Gasteiger partial charge < -0.3 is 100 Å². The van der Waals surface area contributed by atoms with E-state index in [1.54, 1.807) is 70.3 Å². The lowest BCUT2D eigenvalue weighted by atomic mass is 9.96. The van der Waals surface area contributed by atoms with Crippen molar-refractivity contribution in [3.8, 4) is 0 Å². The average molecular weight is 1550 g/mol. The van der Waals surface area contributed by atoms with Crippen molar-refractivity contribution in [1.29, 1.82) is 0 Å². The molecule has 0 spiro atoms. The van der Waals surface area contributed by atoms with Gasteiger partial charge in [0.15, 0.2) is 0 Å². The van der Waals surface area contributed by atoms with Crippen LogP contribution >= 0.6 is 0 Å². The predicted molar refractivity (Wildman–Crippen MR) is 403 cm³/mol. The van der Waals surface area contributed by atoms with Crippen molar-refractivity contribution in [2.75, 3.05) is 13.2 Å². The number of rotatable bonds is 52. The first-order valence-corrected chi connectivity index (χ1v) is 38.1. The number of nitrogens with one attached hydrogen (secondary N) is 11. The van der Waals surface area contributed by atoms with Gasteiger partial charge >= 0.3 is 11.9 Å². The second-order valence-corrected chi connectivity index (χ2v) is 28.9. The first-order valence-electron chi connectivity index (χ1n) is 38.1. The first-order chi connectivity index (χ1) is 52.1. The number of carbonyl (C=O) groups is 15. The topological polar surface area (TPSA) is 549 Å². The fraction of sp³-hybridized carbons (Fsp3) is 0.618. The molecule has 14 atom stereocenters. The van der Waals surface area contributed by atoms with Gasteiger partial charge in [0.2, 0.25) is 76.8 Å². The SMILES string of the molecule is CC[C@H](C)[C@H](NC(=O)[C@H](CCC(N)=O)NC(=O)[C@@H]1CCCN1C(=O)CCCCCCCCCCCCCCC(=O)N[C@@H](CO)C(=O)N[C@H](C(=O)N[C@@H](C)C(=O)N[C@@H](CC(N)=O)C(=O)N[C@@H](Cc1ccccc1)C(=O)O)[C@H](C)O)C(=O)N[C@H](C(=O)N[C@@H](CC(C)C)C(=O)N[C@@H](Cc1c[nH]c2ccccc12)C(=O)O)[C@@H](C)O. The van der Waals surface area contributed by atoms with Crippen LogP contribution in [0.3, 0.4) is 0 Å². The van der Waals surface area contributed by atoms with E-state index in [9.17, 15) is 97.5 Å². The maximum absolute atomic E-state index is 14.2. The minimum Gasteiger partial charge on any atom is -0.480 e. The largest absolute Gasteiger partial charge is 0.480 e. The van der Waals surface area contributed by atoms with E-state index in [2.05, 4.69) is 58.2 Å². The third-order valence-electron chi connectivity index (χ3n) is 19.2. The number of aliphatic hydroxyl groups excluding tert-OH is 3. The van der Waals surface area contributed by atoms with E-state index >= 15 is 0 Å². The number of primary amides is 2. The van der Waals surface area contributed by atoms with Gasteiger partial charge in [0, 0.05) is 55.7 Å². The van der Waals surface area contributed by atoms with Crippen molar-refractivity contribution in [1.82, 2.24) is 63.1 Å². The lowest BCUT2D eigenvalue weighted by Gasteiger charge is -2.30. The Morgan fingerprint density at radius 1 is 0.500 bits per heavy atom. The number of para-hydroxylation sites is 1. The normalized spacial score (nSPS) is 16.2. The van der Waals surface area contributed by atoms with Gasteiger partial charge in [-0.1, -0.05) is 147 Å². The number of fused-ring (bicyclic) bond motifs is 1. The van der Waals surface area contributed by atoms with Crippen LogP contribution in [0.25, 0.3) is 10.9 Å². The summed E-state index contributed by atoms with van der Waals surface area (Å²) in [5.74, 6) is -14.4. The highest BCUT2D eigenvalue weighted by Gasteiger charge is 2.40. The van der Waals surface area contributed by atoms with Gasteiger partial charge in [-0.3, -0.25) is 62.3 Å². The number of carboxylic acids is 2. The van der Waals surface area contributed by atoms with Gasteiger partial charge in [0.1, 0.15) is 66.5 Å². The molecule has 4 rings (SSSR count). The number of unbranched alkanes of at least 4 members (excludes halogenated alkanes) is 11. The number of amides is 13. The Labute approximate surface area is 640 Å². The van der Waals surface area contributed by atoms with Crippen LogP contribution in [0.4, 0.5) is 0 Å². The molecule has 1 aliphatic rings. The van der Waals surface area contributed by atoms with Crippen molar-refractivity contribution in [2.24, 2.45) is 23.3 Å². The molecule has 2 aromatic carbocycles. The number of likely N-dealkylation sites (tertiary alicyclic amines) is 1. The summed E-state index contributed by atoms with van der Waals surface area (Å²) in [6, 6.07) is -0.187. The number of aliphatic carboxylic acids is 2. The van der Waals surface area contributed by atoms with Crippen LogP contribution in [-0.2, 0) is 84.8 Å². The van der Waals surface area contributed by atoms with E-state index < -0.39 is 180 Å². The molecule has 3 aromatic rings. The first kappa shape index (κ1) is 92.3. The Morgan fingerprint density at radius 3 is 1.53 bits per heavy atom. The minimum absolute atomic E-state index is 0.0333. The summed E-state index contributed by atoms with van der Waals surface area (Å²) in [4.78, 5) is 202. The van der Waals surface area contributed by atoms with Gasteiger partial charge in [-0.25, -0.2) is 9.59 Å². The highest BCUT2D eigenvalue weighted by atomic mass is 16.4. The molecular formula is C76H116N14O20. The van der Waals surface area contributed by atoms with E-state index in [-0.39, 0.29) is 56.8 Å². The quantitative estimate of drug-likeness (QED) is 0.0341. The van der Waals surface area contributed by atoms with Crippen molar-refractivity contribution >= 4 is 99.6 Å². The van der Waals surface area contributed by atoms with Crippen LogP contribution in [0.5, 0.6) is 0 Å². The summed E-state index contributed by atoms with van der Waals surface area (Å²) < 4.78 is 0. The third-order valence-corrected chi connectivity index (χ3v) is 19.2. The number of H-pyrrole nitrogens is 1. The number of hydrogen-bond acceptors (Lipinski definition) is 18. The summed E-state index contributed by atoms with van der Waals surface area (Å²) in [5.41, 5.74) is 12.8. The molecule has 1 aromatic heterocycles. The van der Waals surface area contributed by atoms with Gasteiger partial charge in [0.25, 0.3) is 0 Å². The number of carbonyl (C=O) groups excluding carboxylic acids is 13. The predicted octanol–water partition coefficient (Wildman–Crippen LogP) is 0.430. The van der Waals surface area contributed by atoms with E-state index in [1.165, 1.54) is 25.7 Å². The molecule has 110 heavy (non-hydrogen) atoms. The Bertz CT molecular complexity index is 3570. The van der Waals surface area contributed by atoms with Gasteiger partial charge in [-0.05, 0) is 88.3 Å². The molecule has 610 valence electrons. The standard InChI is InChI=1S/C76H116N14O20/c1-8-44(4)63(72(104)89-65(47(7)93)74(106)84-53(37-43(2)3)68(100)86-56(76(109)110)39-49-41-79-51-30-25-24-29-50(49)51)87-67(99)52(34-35-59(77)94)82-71(103)58-31-26-36-90(58)62(97)33-23-18-16-14-12-10-9-11-13-15-17-22-32-61(96)81-57(42-91)70(102)88-64(46(6)92)73(105)80-45(5)66(98)83-54(40-60(78)95)69(101)85-55(75(107)108)38-48-27-20-19-21-28-48/h19-21,24-25,27-30,41,43-47,52-58,63-65,79,91-93H,8-18,22-23,26,31-40,42H2,1-7H3,(H2,77,94)(H2,78,95)(H,80,105)(H,81,96)(H,82,103)(H,83,98)(H,84,106)(H,85,101)(H,86,100)(H,87,99)(H,88,102)(H,89,104)(H,107,108)(H,109,110)/t44-,45-,46-,47+,52-,53-,54-,55-,56-,57-,58-,63-,64-,65-/m0/s1. The lowest BCUT2D eigenvalue weighted by molar-refractivity contribution is -0.143. The zero-order valence-electron chi connectivity index (χ0n) is 64.1. The lowest BCUT2D eigenvalue weighted by Crippen LogP contribution is -2.62. The van der Waals surface area contributed by atoms with Gasteiger partial charge in [0.05, 0.1) is 25.2 Å². The highest BCUT2D eigenvalue weighted by Crippen LogP contribution is 2.23. The molecular weight excluding hydrogens is 1430 g/mol. The summed E-state index contributed by atoms with van der Waals surface area (Å²) in [6.07, 6.45) is 8.57. The molecule has 1 saturated heterocycles. The highest BCUT2D eigenvalue weighted by molar-refractivity contribution is 5.99. The van der Waals surface area contributed by atoms with Crippen LogP contribution in [0.1, 0.15) is 194 Å². The van der Waals surface area contributed by atoms with E-state index in [0.717, 1.165) is 68.7 Å². The molecule has 13 amide bonds. The number of hydrogen-bond donors (Lipinski definition) is 18. The van der Waals surface area contributed by atoms with Crippen molar-refractivity contribution in [3.05, 3.63) is 71.9 Å². The molecule has 1 fully saturated rings. The summed E-state index contributed by atoms with van der Waals surface area (Å²) in [5, 5.41) is 76.5. The van der Waals surface area contributed by atoms with Crippen molar-refractivity contribution in [2.45, 2.75) is 275 Å². The number of nitrogens with zero attached hydrogens (tertiary/aromatic N) is 1. The molecule has 1 aliphatic heterocycles. The summed E-state index contributed by atoms with van der Waals surface area (Å²) >= 11 is 0. The number of aromatic nitrogens is 1. The second-order valence-electron chi connectivity index (χ2n) is 28.9. The van der Waals surface area contributed by atoms with E-state index in [0.29, 0.717) is 56.2 Å². The molecule has 0 radical (unpaired) electrons. The maximum Gasteiger partial charge on any atom is 0.326 e. The minimum atomic E-state index is -1.70. The Morgan fingerprint density at radius 2 is 0.982 bits per heavy atom. The zero-order valence-corrected chi connectivity index (χ0v) is 64.1. The molecule has 2 heterocycles. The van der Waals surface area contributed by atoms with E-state index in [4.69, 9.17) is 11.5 Å². The number of benzene rings is 2. The van der Waals surface area contributed by atoms with Crippen LogP contribution in [0.2, 0.25) is 0 Å². The Hall–Kier alpha value is -10.1. The smallest absolute Gasteiger partial charge is 0.326 e. The molecule has 0 aliphatic carbocycles. The summed E-state index contributed by atoms with van der Waals surface area (Å²) in [6.45, 7) is 10.0. The molecule has 20 N–H and O–H groups in total.